The lowest BCUT2D eigenvalue weighted by Crippen LogP contribution is -2.44. The van der Waals surface area contributed by atoms with Gasteiger partial charge in [0.15, 0.2) is 5.82 Å². The Morgan fingerprint density at radius 1 is 1.38 bits per heavy atom. The van der Waals surface area contributed by atoms with Gasteiger partial charge < -0.3 is 9.64 Å². The molecule has 2 heterocycles. The van der Waals surface area contributed by atoms with Crippen LogP contribution in [0.15, 0.2) is 35.1 Å². The van der Waals surface area contributed by atoms with Crippen molar-refractivity contribution in [2.45, 2.75) is 18.9 Å². The van der Waals surface area contributed by atoms with Crippen molar-refractivity contribution >= 4 is 33.4 Å². The Kier molecular flexibility index (Phi) is 5.30. The van der Waals surface area contributed by atoms with Crippen LogP contribution in [0.4, 0.5) is 4.39 Å². The number of nitrogens with zero attached hydrogens (tertiary/aromatic N) is 3. The molecule has 1 saturated heterocycles. The van der Waals surface area contributed by atoms with Crippen LogP contribution in [0.5, 0.6) is 6.01 Å². The number of halogens is 3. The van der Waals surface area contributed by atoms with Gasteiger partial charge in [0.2, 0.25) is 0 Å². The van der Waals surface area contributed by atoms with E-state index < -0.39 is 5.82 Å². The van der Waals surface area contributed by atoms with E-state index in [1.54, 1.807) is 23.1 Å². The number of likely N-dealkylation sites (tertiary alicyclic amines) is 1. The Morgan fingerprint density at radius 2 is 2.12 bits per heavy atom. The summed E-state index contributed by atoms with van der Waals surface area (Å²) in [6, 6.07) is 5.28. The first-order chi connectivity index (χ1) is 11.5. The molecule has 0 radical (unpaired) electrons. The second-order valence-corrected chi connectivity index (χ2v) is 6.76. The number of carbonyl (C=O) groups is 1. The Morgan fingerprint density at radius 3 is 2.88 bits per heavy atom. The normalized spacial score (nSPS) is 17.6. The summed E-state index contributed by atoms with van der Waals surface area (Å²) < 4.78 is 19.3. The van der Waals surface area contributed by atoms with Crippen molar-refractivity contribution in [2.24, 2.45) is 0 Å². The number of piperidine rings is 1. The fourth-order valence-electron chi connectivity index (χ4n) is 2.56. The summed E-state index contributed by atoms with van der Waals surface area (Å²) in [5.74, 6) is -0.665. The molecular weight excluding hydrogens is 401 g/mol. The first-order valence-electron chi connectivity index (χ1n) is 7.41. The maximum absolute atomic E-state index is 12.8. The Balaban J connectivity index is 1.69. The van der Waals surface area contributed by atoms with Crippen LogP contribution in [-0.4, -0.2) is 40.0 Å². The first-order valence-corrected chi connectivity index (χ1v) is 8.58. The highest BCUT2D eigenvalue weighted by Gasteiger charge is 2.27. The minimum atomic E-state index is -0.521. The number of ether oxygens (including phenoxy) is 1. The molecule has 1 aromatic carbocycles. The molecule has 1 aliphatic rings. The van der Waals surface area contributed by atoms with Crippen LogP contribution in [0.2, 0.25) is 5.02 Å². The minimum absolute atomic E-state index is 0.108. The SMILES string of the molecule is O=C(c1cc(Br)ccc1Cl)N1CCCC(Oc2ncc(F)cn2)C1. The molecule has 0 N–H and O–H groups in total. The fourth-order valence-corrected chi connectivity index (χ4v) is 3.12. The molecule has 0 spiro atoms. The van der Waals surface area contributed by atoms with E-state index in [-0.39, 0.29) is 18.0 Å². The lowest BCUT2D eigenvalue weighted by atomic mass is 10.1. The van der Waals surface area contributed by atoms with E-state index in [9.17, 15) is 9.18 Å². The largest absolute Gasteiger partial charge is 0.458 e. The van der Waals surface area contributed by atoms with Gasteiger partial charge in [-0.2, -0.15) is 0 Å². The van der Waals surface area contributed by atoms with Crippen LogP contribution in [-0.2, 0) is 0 Å². The van der Waals surface area contributed by atoms with E-state index in [0.717, 1.165) is 29.7 Å². The highest BCUT2D eigenvalue weighted by atomic mass is 79.9. The number of rotatable bonds is 3. The van der Waals surface area contributed by atoms with Gasteiger partial charge in [0.25, 0.3) is 5.91 Å². The molecule has 3 rings (SSSR count). The molecule has 5 nitrogen and oxygen atoms in total. The van der Waals surface area contributed by atoms with Crippen molar-refractivity contribution < 1.29 is 13.9 Å². The second kappa shape index (κ2) is 7.44. The number of hydrogen-bond donors (Lipinski definition) is 0. The van der Waals surface area contributed by atoms with Crippen molar-refractivity contribution in [3.05, 3.63) is 51.5 Å². The predicted octanol–water partition coefficient (Wildman–Crippen LogP) is 3.72. The molecule has 24 heavy (non-hydrogen) atoms. The highest BCUT2D eigenvalue weighted by molar-refractivity contribution is 9.10. The molecule has 126 valence electrons. The van der Waals surface area contributed by atoms with Gasteiger partial charge in [0, 0.05) is 11.0 Å². The lowest BCUT2D eigenvalue weighted by molar-refractivity contribution is 0.0515. The van der Waals surface area contributed by atoms with Crippen LogP contribution in [0.3, 0.4) is 0 Å². The van der Waals surface area contributed by atoms with Crippen LogP contribution in [0.25, 0.3) is 0 Å². The van der Waals surface area contributed by atoms with Crippen molar-refractivity contribution in [1.29, 1.82) is 0 Å². The van der Waals surface area contributed by atoms with Gasteiger partial charge >= 0.3 is 6.01 Å². The van der Waals surface area contributed by atoms with Gasteiger partial charge in [-0.15, -0.1) is 0 Å². The van der Waals surface area contributed by atoms with Gasteiger partial charge in [-0.25, -0.2) is 14.4 Å². The molecule has 1 atom stereocenters. The van der Waals surface area contributed by atoms with Gasteiger partial charge in [-0.3, -0.25) is 4.79 Å². The van der Waals surface area contributed by atoms with E-state index in [4.69, 9.17) is 16.3 Å². The van der Waals surface area contributed by atoms with Crippen molar-refractivity contribution in [3.63, 3.8) is 0 Å². The van der Waals surface area contributed by atoms with Crippen LogP contribution < -0.4 is 4.74 Å². The summed E-state index contributed by atoms with van der Waals surface area (Å²) in [5.41, 5.74) is 0.449. The van der Waals surface area contributed by atoms with Gasteiger partial charge in [-0.05, 0) is 31.0 Å². The minimum Gasteiger partial charge on any atom is -0.458 e. The zero-order chi connectivity index (χ0) is 17.1. The quantitative estimate of drug-likeness (QED) is 0.768. The Bertz CT molecular complexity index is 745. The van der Waals surface area contributed by atoms with E-state index in [1.807, 2.05) is 0 Å². The van der Waals surface area contributed by atoms with Crippen molar-refractivity contribution in [3.8, 4) is 6.01 Å². The lowest BCUT2D eigenvalue weighted by Gasteiger charge is -2.32. The fraction of sp³-hybridized carbons (Fsp3) is 0.312. The number of aromatic nitrogens is 2. The standard InChI is InChI=1S/C16H14BrClFN3O2/c17-10-3-4-14(18)13(6-10)15(23)22-5-1-2-12(9-22)24-16-20-7-11(19)8-21-16/h3-4,6-8,12H,1-2,5,9H2. The molecule has 1 fully saturated rings. The smallest absolute Gasteiger partial charge is 0.316 e. The zero-order valence-electron chi connectivity index (χ0n) is 12.6. The van der Waals surface area contributed by atoms with Gasteiger partial charge in [-0.1, -0.05) is 27.5 Å². The maximum atomic E-state index is 12.8. The van der Waals surface area contributed by atoms with Crippen molar-refractivity contribution in [2.75, 3.05) is 13.1 Å². The van der Waals surface area contributed by atoms with Crippen molar-refractivity contribution in [1.82, 2.24) is 14.9 Å². The third-order valence-electron chi connectivity index (χ3n) is 3.69. The van der Waals surface area contributed by atoms with Gasteiger partial charge in [0.05, 0.1) is 29.5 Å². The third kappa shape index (κ3) is 4.02. The molecule has 1 aliphatic heterocycles. The predicted molar refractivity (Wildman–Crippen MR) is 90.7 cm³/mol. The number of amides is 1. The summed E-state index contributed by atoms with van der Waals surface area (Å²) in [4.78, 5) is 22.0. The van der Waals surface area contributed by atoms with E-state index in [2.05, 4.69) is 25.9 Å². The van der Waals surface area contributed by atoms with E-state index >= 15 is 0 Å². The average molecular weight is 415 g/mol. The third-order valence-corrected chi connectivity index (χ3v) is 4.52. The van der Waals surface area contributed by atoms with Crippen LogP contribution in [0.1, 0.15) is 23.2 Å². The maximum Gasteiger partial charge on any atom is 0.316 e. The molecule has 1 aromatic heterocycles. The topological polar surface area (TPSA) is 55.3 Å². The number of carbonyl (C=O) groups excluding carboxylic acids is 1. The number of hydrogen-bond acceptors (Lipinski definition) is 4. The van der Waals surface area contributed by atoms with Gasteiger partial charge in [0.1, 0.15) is 6.10 Å². The summed E-state index contributed by atoms with van der Waals surface area (Å²) in [5, 5.41) is 0.410. The summed E-state index contributed by atoms with van der Waals surface area (Å²) in [6.45, 7) is 1.04. The van der Waals surface area contributed by atoms with Crippen LogP contribution >= 0.6 is 27.5 Å². The molecule has 0 aliphatic carbocycles. The summed E-state index contributed by atoms with van der Waals surface area (Å²) >= 11 is 9.49. The Labute approximate surface area is 151 Å². The zero-order valence-corrected chi connectivity index (χ0v) is 14.9. The molecule has 0 bridgehead atoms. The summed E-state index contributed by atoms with van der Waals surface area (Å²) in [7, 11) is 0. The molecule has 8 heteroatoms. The summed E-state index contributed by atoms with van der Waals surface area (Å²) in [6.07, 6.45) is 3.43. The molecule has 0 saturated carbocycles. The van der Waals surface area contributed by atoms with E-state index in [1.165, 1.54) is 0 Å². The number of benzene rings is 1. The Hall–Kier alpha value is -1.73. The average Bonchev–Trinajstić information content (AvgIpc) is 2.59. The second-order valence-electron chi connectivity index (χ2n) is 5.44. The highest BCUT2D eigenvalue weighted by Crippen LogP contribution is 2.24. The van der Waals surface area contributed by atoms with Crippen LogP contribution in [0, 0.1) is 5.82 Å². The molecular formula is C16H14BrClFN3O2. The first kappa shape index (κ1) is 17.1. The molecule has 1 unspecified atom stereocenters. The van der Waals surface area contributed by atoms with E-state index in [0.29, 0.717) is 23.7 Å². The molecule has 1 amide bonds. The monoisotopic (exact) mass is 413 g/mol. The molecule has 2 aromatic rings.